The number of nitrogens with zero attached hydrogens (tertiary/aromatic N) is 3. The number of halogens is 2. The first-order valence-corrected chi connectivity index (χ1v) is 6.79. The molecule has 2 aromatic rings. The summed E-state index contributed by atoms with van der Waals surface area (Å²) in [6, 6.07) is 1.74. The molecule has 2 heterocycles. The molecular formula is C12H12Cl2N4O. The number of nitrogens with two attached hydrogens (primary N) is 1. The van der Waals surface area contributed by atoms with E-state index < -0.39 is 0 Å². The van der Waals surface area contributed by atoms with E-state index in [9.17, 15) is 4.79 Å². The third kappa shape index (κ3) is 2.17. The molecule has 7 heteroatoms. The first kappa shape index (κ1) is 12.7. The van der Waals surface area contributed by atoms with Crippen LogP contribution in [0.15, 0.2) is 12.4 Å². The summed E-state index contributed by atoms with van der Waals surface area (Å²) in [6.45, 7) is 0. The van der Waals surface area contributed by atoms with Crippen LogP contribution in [0.25, 0.3) is 11.2 Å². The molecule has 1 amide bonds. The second kappa shape index (κ2) is 4.65. The molecule has 19 heavy (non-hydrogen) atoms. The molecule has 1 aliphatic carbocycles. The first-order valence-electron chi connectivity index (χ1n) is 6.04. The van der Waals surface area contributed by atoms with E-state index in [0.29, 0.717) is 27.8 Å². The van der Waals surface area contributed by atoms with Gasteiger partial charge in [0.2, 0.25) is 5.91 Å². The Morgan fingerprint density at radius 2 is 2.21 bits per heavy atom. The van der Waals surface area contributed by atoms with Gasteiger partial charge in [-0.1, -0.05) is 23.2 Å². The zero-order valence-electron chi connectivity index (χ0n) is 10.0. The quantitative estimate of drug-likeness (QED) is 0.866. The molecule has 0 spiro atoms. The van der Waals surface area contributed by atoms with Crippen LogP contribution in [0.3, 0.4) is 0 Å². The molecule has 2 aromatic heterocycles. The van der Waals surface area contributed by atoms with Crippen molar-refractivity contribution >= 4 is 40.3 Å². The van der Waals surface area contributed by atoms with Crippen molar-refractivity contribution < 1.29 is 4.79 Å². The van der Waals surface area contributed by atoms with Crippen molar-refractivity contribution in [3.8, 4) is 0 Å². The number of amides is 1. The van der Waals surface area contributed by atoms with Crippen molar-refractivity contribution in [3.05, 3.63) is 22.6 Å². The maximum Gasteiger partial charge on any atom is 0.220 e. The van der Waals surface area contributed by atoms with E-state index in [0.717, 1.165) is 12.8 Å². The van der Waals surface area contributed by atoms with Crippen molar-refractivity contribution in [2.75, 3.05) is 0 Å². The molecule has 2 unspecified atom stereocenters. The maximum atomic E-state index is 11.2. The van der Waals surface area contributed by atoms with Crippen LogP contribution in [-0.2, 0) is 4.79 Å². The highest BCUT2D eigenvalue weighted by molar-refractivity contribution is 6.37. The zero-order valence-corrected chi connectivity index (χ0v) is 11.5. The lowest BCUT2D eigenvalue weighted by Gasteiger charge is -2.12. The van der Waals surface area contributed by atoms with Gasteiger partial charge in [0.15, 0.2) is 5.65 Å². The lowest BCUT2D eigenvalue weighted by Crippen LogP contribution is -2.21. The third-order valence-electron chi connectivity index (χ3n) is 3.65. The molecule has 1 aliphatic rings. The van der Waals surface area contributed by atoms with E-state index in [2.05, 4.69) is 9.97 Å². The number of carbonyl (C=O) groups excluding carboxylic acids is 1. The molecule has 3 rings (SSSR count). The van der Waals surface area contributed by atoms with Gasteiger partial charge >= 0.3 is 0 Å². The first-order chi connectivity index (χ1) is 9.06. The number of pyridine rings is 1. The number of rotatable bonds is 2. The number of fused-ring (bicyclic) bond motifs is 1. The highest BCUT2D eigenvalue weighted by Crippen LogP contribution is 2.36. The summed E-state index contributed by atoms with van der Waals surface area (Å²) in [5.41, 5.74) is 6.65. The number of aromatic nitrogens is 3. The van der Waals surface area contributed by atoms with Gasteiger partial charge in [0.25, 0.3) is 0 Å². The van der Waals surface area contributed by atoms with Crippen LogP contribution in [-0.4, -0.2) is 20.4 Å². The number of imidazole rings is 1. The molecule has 2 atom stereocenters. The van der Waals surface area contributed by atoms with Crippen molar-refractivity contribution in [2.24, 2.45) is 11.7 Å². The van der Waals surface area contributed by atoms with Crippen molar-refractivity contribution in [2.45, 2.75) is 25.3 Å². The van der Waals surface area contributed by atoms with E-state index >= 15 is 0 Å². The Balaban J connectivity index is 2.00. The molecule has 0 radical (unpaired) electrons. The highest BCUT2D eigenvalue weighted by Gasteiger charge is 2.30. The Morgan fingerprint density at radius 3 is 2.89 bits per heavy atom. The van der Waals surface area contributed by atoms with E-state index in [1.807, 2.05) is 4.57 Å². The Bertz CT molecular complexity index is 654. The van der Waals surface area contributed by atoms with Gasteiger partial charge in [-0.15, -0.1) is 0 Å². The lowest BCUT2D eigenvalue weighted by atomic mass is 10.1. The lowest BCUT2D eigenvalue weighted by molar-refractivity contribution is -0.121. The van der Waals surface area contributed by atoms with E-state index in [1.54, 1.807) is 12.4 Å². The molecule has 0 saturated heterocycles. The predicted molar refractivity (Wildman–Crippen MR) is 73.1 cm³/mol. The van der Waals surface area contributed by atoms with Gasteiger partial charge in [0.1, 0.15) is 10.7 Å². The maximum absolute atomic E-state index is 11.2. The minimum Gasteiger partial charge on any atom is -0.369 e. The molecule has 1 fully saturated rings. The van der Waals surface area contributed by atoms with Crippen molar-refractivity contribution in [1.82, 2.24) is 14.5 Å². The van der Waals surface area contributed by atoms with Crippen LogP contribution in [0.1, 0.15) is 25.3 Å². The number of hydrogen-bond acceptors (Lipinski definition) is 3. The summed E-state index contributed by atoms with van der Waals surface area (Å²) in [5, 5.41) is 0.821. The standard InChI is InChI=1S/C12H12Cl2N4O/c13-8-4-9(14)17-12-10(8)16-5-18(12)7-2-1-6(3-7)11(15)19/h4-7H,1-3H2,(H2,15,19). The second-order valence-corrected chi connectivity index (χ2v) is 5.61. The minimum absolute atomic E-state index is 0.0721. The summed E-state index contributed by atoms with van der Waals surface area (Å²) in [4.78, 5) is 19.8. The van der Waals surface area contributed by atoms with Gasteiger partial charge in [-0.05, 0) is 25.3 Å². The predicted octanol–water partition coefficient (Wildman–Crippen LogP) is 2.56. The molecule has 0 bridgehead atoms. The van der Waals surface area contributed by atoms with E-state index in [1.165, 1.54) is 0 Å². The Labute approximate surface area is 119 Å². The molecule has 0 aromatic carbocycles. The molecular weight excluding hydrogens is 287 g/mol. The van der Waals surface area contributed by atoms with Crippen LogP contribution in [0, 0.1) is 5.92 Å². The summed E-state index contributed by atoms with van der Waals surface area (Å²) < 4.78 is 1.94. The fraction of sp³-hybridized carbons (Fsp3) is 0.417. The Kier molecular flexibility index (Phi) is 3.11. The molecule has 2 N–H and O–H groups in total. The molecule has 0 aliphatic heterocycles. The van der Waals surface area contributed by atoms with Crippen LogP contribution in [0.5, 0.6) is 0 Å². The summed E-state index contributed by atoms with van der Waals surface area (Å²) in [5.74, 6) is -0.312. The van der Waals surface area contributed by atoms with Crippen LogP contribution in [0.4, 0.5) is 0 Å². The van der Waals surface area contributed by atoms with Gasteiger partial charge in [-0.3, -0.25) is 4.79 Å². The van der Waals surface area contributed by atoms with E-state index in [4.69, 9.17) is 28.9 Å². The topological polar surface area (TPSA) is 73.8 Å². The fourth-order valence-electron chi connectivity index (χ4n) is 2.68. The second-order valence-electron chi connectivity index (χ2n) is 4.82. The van der Waals surface area contributed by atoms with E-state index in [-0.39, 0.29) is 17.9 Å². The van der Waals surface area contributed by atoms with Crippen LogP contribution in [0.2, 0.25) is 10.2 Å². The van der Waals surface area contributed by atoms with Crippen molar-refractivity contribution in [3.63, 3.8) is 0 Å². The van der Waals surface area contributed by atoms with Gasteiger partial charge in [-0.25, -0.2) is 9.97 Å². The third-order valence-corrected chi connectivity index (χ3v) is 4.13. The Morgan fingerprint density at radius 1 is 1.42 bits per heavy atom. The number of hydrogen-bond donors (Lipinski definition) is 1. The normalized spacial score (nSPS) is 23.1. The fourth-order valence-corrected chi connectivity index (χ4v) is 3.16. The summed E-state index contributed by atoms with van der Waals surface area (Å²) in [6.07, 6.45) is 4.10. The average Bonchev–Trinajstić information content (AvgIpc) is 2.93. The van der Waals surface area contributed by atoms with Crippen LogP contribution >= 0.6 is 23.2 Å². The smallest absolute Gasteiger partial charge is 0.220 e. The summed E-state index contributed by atoms with van der Waals surface area (Å²) in [7, 11) is 0. The number of carbonyl (C=O) groups is 1. The number of primary amides is 1. The van der Waals surface area contributed by atoms with Crippen molar-refractivity contribution in [1.29, 1.82) is 0 Å². The Hall–Kier alpha value is -1.33. The SMILES string of the molecule is NC(=O)C1CCC(n2cnc3c(Cl)cc(Cl)nc32)C1. The monoisotopic (exact) mass is 298 g/mol. The van der Waals surface area contributed by atoms with Gasteiger partial charge in [0.05, 0.1) is 11.3 Å². The molecule has 1 saturated carbocycles. The largest absolute Gasteiger partial charge is 0.369 e. The van der Waals surface area contributed by atoms with Crippen LogP contribution < -0.4 is 5.73 Å². The summed E-state index contributed by atoms with van der Waals surface area (Å²) >= 11 is 12.0. The van der Waals surface area contributed by atoms with Gasteiger partial charge in [-0.2, -0.15) is 0 Å². The molecule has 5 nitrogen and oxygen atoms in total. The highest BCUT2D eigenvalue weighted by atomic mass is 35.5. The average molecular weight is 299 g/mol. The van der Waals surface area contributed by atoms with Gasteiger partial charge < -0.3 is 10.3 Å². The minimum atomic E-state index is -0.240. The molecule has 100 valence electrons. The van der Waals surface area contributed by atoms with Gasteiger partial charge in [0, 0.05) is 12.0 Å². The zero-order chi connectivity index (χ0) is 13.6.